The molecular formula is C24H17NO. The molecule has 0 saturated heterocycles. The lowest BCUT2D eigenvalue weighted by Crippen LogP contribution is -2.00. The molecule has 0 radical (unpaired) electrons. The van der Waals surface area contributed by atoms with E-state index in [0.717, 1.165) is 22.4 Å². The molecule has 0 aliphatic heterocycles. The number of hydrogen-bond donors (Lipinski definition) is 0. The van der Waals surface area contributed by atoms with Crippen molar-refractivity contribution in [1.82, 2.24) is 4.98 Å². The zero-order chi connectivity index (χ0) is 17.8. The van der Waals surface area contributed by atoms with Gasteiger partial charge in [-0.1, -0.05) is 84.9 Å². The first-order chi connectivity index (χ1) is 12.8. The van der Waals surface area contributed by atoms with Gasteiger partial charge >= 0.3 is 0 Å². The largest absolute Gasteiger partial charge is 0.289 e. The van der Waals surface area contributed by atoms with Gasteiger partial charge in [0.15, 0.2) is 5.78 Å². The van der Waals surface area contributed by atoms with Crippen LogP contribution in [0.2, 0.25) is 0 Å². The summed E-state index contributed by atoms with van der Waals surface area (Å²) in [6.07, 6.45) is 1.80. The van der Waals surface area contributed by atoms with E-state index in [1.807, 2.05) is 84.9 Å². The van der Waals surface area contributed by atoms with Crippen molar-refractivity contribution in [3.63, 3.8) is 0 Å². The highest BCUT2D eigenvalue weighted by molar-refractivity contribution is 6.09. The molecule has 1 heterocycles. The second-order valence-electron chi connectivity index (χ2n) is 6.03. The summed E-state index contributed by atoms with van der Waals surface area (Å²) in [4.78, 5) is 17.0. The monoisotopic (exact) mass is 335 g/mol. The van der Waals surface area contributed by atoms with Gasteiger partial charge in [0, 0.05) is 22.9 Å². The number of pyridine rings is 1. The maximum absolute atomic E-state index is 12.6. The van der Waals surface area contributed by atoms with Crippen LogP contribution in [0.5, 0.6) is 0 Å². The number of benzene rings is 3. The molecule has 0 unspecified atom stereocenters. The molecule has 0 amide bonds. The molecule has 4 rings (SSSR count). The maximum atomic E-state index is 12.6. The summed E-state index contributed by atoms with van der Waals surface area (Å²) < 4.78 is 0. The van der Waals surface area contributed by atoms with E-state index < -0.39 is 0 Å². The second-order valence-corrected chi connectivity index (χ2v) is 6.03. The maximum Gasteiger partial charge on any atom is 0.193 e. The number of aromatic nitrogens is 1. The molecule has 0 aliphatic rings. The van der Waals surface area contributed by atoms with Crippen LogP contribution >= 0.6 is 0 Å². The van der Waals surface area contributed by atoms with Crippen molar-refractivity contribution >= 4 is 5.78 Å². The molecule has 3 aromatic carbocycles. The third kappa shape index (κ3) is 3.17. The Bertz CT molecular complexity index is 1020. The standard InChI is InChI=1S/C24H17NO/c26-24(19-8-2-1-3-9-19)20-15-13-18(14-16-20)21-10-4-5-11-22(21)23-12-6-7-17-25-23/h1-17H. The average Bonchev–Trinajstić information content (AvgIpc) is 2.75. The van der Waals surface area contributed by atoms with Crippen LogP contribution in [-0.2, 0) is 0 Å². The van der Waals surface area contributed by atoms with E-state index in [9.17, 15) is 4.79 Å². The first kappa shape index (κ1) is 16.0. The van der Waals surface area contributed by atoms with Gasteiger partial charge in [-0.25, -0.2) is 0 Å². The SMILES string of the molecule is O=C(c1ccccc1)c1ccc(-c2ccccc2-c2ccccn2)cc1. The van der Waals surface area contributed by atoms with Crippen LogP contribution in [0.3, 0.4) is 0 Å². The first-order valence-corrected chi connectivity index (χ1v) is 8.53. The third-order valence-corrected chi connectivity index (χ3v) is 4.36. The minimum Gasteiger partial charge on any atom is -0.289 e. The van der Waals surface area contributed by atoms with E-state index in [0.29, 0.717) is 11.1 Å². The summed E-state index contributed by atoms with van der Waals surface area (Å²) in [5, 5.41) is 0. The van der Waals surface area contributed by atoms with Crippen LogP contribution in [-0.4, -0.2) is 10.8 Å². The fourth-order valence-electron chi connectivity index (χ4n) is 3.04. The smallest absolute Gasteiger partial charge is 0.193 e. The van der Waals surface area contributed by atoms with Gasteiger partial charge in [0.05, 0.1) is 5.69 Å². The van der Waals surface area contributed by atoms with Crippen LogP contribution in [0.15, 0.2) is 103 Å². The number of hydrogen-bond acceptors (Lipinski definition) is 2. The lowest BCUT2D eigenvalue weighted by atomic mass is 9.95. The van der Waals surface area contributed by atoms with Gasteiger partial charge in [-0.2, -0.15) is 0 Å². The van der Waals surface area contributed by atoms with E-state index in [-0.39, 0.29) is 5.78 Å². The number of nitrogens with zero attached hydrogens (tertiary/aromatic N) is 1. The predicted octanol–water partition coefficient (Wildman–Crippen LogP) is 5.65. The summed E-state index contributed by atoms with van der Waals surface area (Å²) >= 11 is 0. The first-order valence-electron chi connectivity index (χ1n) is 8.53. The Labute approximate surface area is 152 Å². The van der Waals surface area contributed by atoms with Crippen molar-refractivity contribution < 1.29 is 4.79 Å². The minimum absolute atomic E-state index is 0.0372. The predicted molar refractivity (Wildman–Crippen MR) is 105 cm³/mol. The fraction of sp³-hybridized carbons (Fsp3) is 0. The lowest BCUT2D eigenvalue weighted by Gasteiger charge is -2.10. The normalized spacial score (nSPS) is 10.5. The number of ketones is 1. The van der Waals surface area contributed by atoms with Gasteiger partial charge < -0.3 is 0 Å². The number of carbonyl (C=O) groups is 1. The Morgan fingerprint density at radius 2 is 1.19 bits per heavy atom. The van der Waals surface area contributed by atoms with Crippen LogP contribution < -0.4 is 0 Å². The summed E-state index contributed by atoms with van der Waals surface area (Å²) in [5.41, 5.74) is 5.58. The van der Waals surface area contributed by atoms with Crippen molar-refractivity contribution in [1.29, 1.82) is 0 Å². The van der Waals surface area contributed by atoms with E-state index in [1.54, 1.807) is 6.20 Å². The molecule has 4 aromatic rings. The van der Waals surface area contributed by atoms with Gasteiger partial charge in [0.2, 0.25) is 0 Å². The highest BCUT2D eigenvalue weighted by atomic mass is 16.1. The Morgan fingerprint density at radius 3 is 1.88 bits per heavy atom. The summed E-state index contributed by atoms with van der Waals surface area (Å²) in [5.74, 6) is 0.0372. The van der Waals surface area contributed by atoms with Gasteiger partial charge in [-0.3, -0.25) is 9.78 Å². The second kappa shape index (κ2) is 7.16. The molecule has 0 bridgehead atoms. The molecular weight excluding hydrogens is 318 g/mol. The van der Waals surface area contributed by atoms with Gasteiger partial charge in [-0.15, -0.1) is 0 Å². The van der Waals surface area contributed by atoms with Crippen LogP contribution in [0.4, 0.5) is 0 Å². The molecule has 0 N–H and O–H groups in total. The quantitative estimate of drug-likeness (QED) is 0.451. The fourth-order valence-corrected chi connectivity index (χ4v) is 3.04. The lowest BCUT2D eigenvalue weighted by molar-refractivity contribution is 0.103. The highest BCUT2D eigenvalue weighted by Gasteiger charge is 2.11. The van der Waals surface area contributed by atoms with Gasteiger partial charge in [0.1, 0.15) is 0 Å². The van der Waals surface area contributed by atoms with Crippen LogP contribution in [0.25, 0.3) is 22.4 Å². The molecule has 0 aliphatic carbocycles. The molecule has 124 valence electrons. The van der Waals surface area contributed by atoms with Crippen molar-refractivity contribution in [3.8, 4) is 22.4 Å². The zero-order valence-corrected chi connectivity index (χ0v) is 14.2. The van der Waals surface area contributed by atoms with E-state index in [2.05, 4.69) is 17.1 Å². The van der Waals surface area contributed by atoms with Crippen LogP contribution in [0, 0.1) is 0 Å². The van der Waals surface area contributed by atoms with Gasteiger partial charge in [0.25, 0.3) is 0 Å². The van der Waals surface area contributed by atoms with E-state index >= 15 is 0 Å². The Hall–Kier alpha value is -3.52. The Kier molecular flexibility index (Phi) is 4.40. The van der Waals surface area contributed by atoms with Crippen molar-refractivity contribution in [2.45, 2.75) is 0 Å². The molecule has 0 saturated carbocycles. The van der Waals surface area contributed by atoms with E-state index in [1.165, 1.54) is 0 Å². The highest BCUT2D eigenvalue weighted by Crippen LogP contribution is 2.31. The third-order valence-electron chi connectivity index (χ3n) is 4.36. The molecule has 26 heavy (non-hydrogen) atoms. The Balaban J connectivity index is 1.70. The van der Waals surface area contributed by atoms with Crippen LogP contribution in [0.1, 0.15) is 15.9 Å². The van der Waals surface area contributed by atoms with Crippen molar-refractivity contribution in [2.75, 3.05) is 0 Å². The molecule has 0 spiro atoms. The molecule has 0 atom stereocenters. The summed E-state index contributed by atoms with van der Waals surface area (Å²) in [6, 6.07) is 31.2. The minimum atomic E-state index is 0.0372. The zero-order valence-electron chi connectivity index (χ0n) is 14.2. The van der Waals surface area contributed by atoms with Crippen molar-refractivity contribution in [2.24, 2.45) is 0 Å². The van der Waals surface area contributed by atoms with E-state index in [4.69, 9.17) is 0 Å². The van der Waals surface area contributed by atoms with Gasteiger partial charge in [-0.05, 0) is 23.3 Å². The topological polar surface area (TPSA) is 30.0 Å². The Morgan fingerprint density at radius 1 is 0.577 bits per heavy atom. The summed E-state index contributed by atoms with van der Waals surface area (Å²) in [6.45, 7) is 0. The molecule has 2 nitrogen and oxygen atoms in total. The average molecular weight is 335 g/mol. The number of rotatable bonds is 4. The summed E-state index contributed by atoms with van der Waals surface area (Å²) in [7, 11) is 0. The molecule has 2 heteroatoms. The molecule has 1 aromatic heterocycles. The molecule has 0 fully saturated rings. The van der Waals surface area contributed by atoms with Crippen molar-refractivity contribution in [3.05, 3.63) is 114 Å². The number of carbonyl (C=O) groups excluding carboxylic acids is 1.